The Morgan fingerprint density at radius 3 is 2.38 bits per heavy atom. The molecule has 0 aromatic rings. The lowest BCUT2D eigenvalue weighted by Crippen LogP contribution is -2.27. The third-order valence-electron chi connectivity index (χ3n) is 1.06. The first-order valence-electron chi connectivity index (χ1n) is 2.44. The van der Waals surface area contributed by atoms with E-state index in [9.17, 15) is 0 Å². The molecule has 0 atom stereocenters. The van der Waals surface area contributed by atoms with Crippen molar-refractivity contribution in [3.8, 4) is 0 Å². The summed E-state index contributed by atoms with van der Waals surface area (Å²) in [5.41, 5.74) is 12.9. The van der Waals surface area contributed by atoms with Gasteiger partial charge in [0, 0.05) is 12.4 Å². The van der Waals surface area contributed by atoms with Crippen LogP contribution in [-0.4, -0.2) is 0 Å². The summed E-state index contributed by atoms with van der Waals surface area (Å²) in [6.07, 6.45) is 3.53. The smallest absolute Gasteiger partial charge is 0.0537 e. The van der Waals surface area contributed by atoms with Gasteiger partial charge < -0.3 is 16.6 Å². The van der Waals surface area contributed by atoms with E-state index in [1.54, 1.807) is 6.20 Å². The van der Waals surface area contributed by atoms with Crippen molar-refractivity contribution in [1.82, 2.24) is 10.9 Å². The lowest BCUT2D eigenvalue weighted by molar-refractivity contribution is 0.745. The Morgan fingerprint density at radius 2 is 2.00 bits per heavy atom. The molecule has 44 valence electrons. The molecular formula is C5H9N3. The van der Waals surface area contributed by atoms with Crippen LogP contribution in [0.5, 0.6) is 0 Å². The fourth-order valence-corrected chi connectivity index (χ4v) is 0.467. The van der Waals surface area contributed by atoms with Crippen LogP contribution < -0.4 is 16.6 Å². The van der Waals surface area contributed by atoms with Crippen LogP contribution in [0.2, 0.25) is 0 Å². The van der Waals surface area contributed by atoms with Crippen LogP contribution >= 0.6 is 0 Å². The van der Waals surface area contributed by atoms with Crippen LogP contribution in [0.3, 0.4) is 0 Å². The Kier molecular flexibility index (Phi) is 1.12. The van der Waals surface area contributed by atoms with Gasteiger partial charge in [-0.2, -0.15) is 0 Å². The van der Waals surface area contributed by atoms with Crippen molar-refractivity contribution >= 4 is 0 Å². The van der Waals surface area contributed by atoms with Crippen molar-refractivity contribution in [2.24, 2.45) is 5.73 Å². The molecule has 0 radical (unpaired) electrons. The molecule has 0 spiro atoms. The van der Waals surface area contributed by atoms with Gasteiger partial charge in [0.2, 0.25) is 0 Å². The summed E-state index contributed by atoms with van der Waals surface area (Å²) in [6.45, 7) is 1.94. The molecule has 0 aliphatic carbocycles. The number of rotatable bonds is 0. The van der Waals surface area contributed by atoms with E-state index < -0.39 is 0 Å². The highest BCUT2D eigenvalue weighted by molar-refractivity contribution is 5.26. The Morgan fingerprint density at radius 1 is 1.38 bits per heavy atom. The van der Waals surface area contributed by atoms with Crippen molar-refractivity contribution in [2.45, 2.75) is 6.92 Å². The highest BCUT2D eigenvalue weighted by Gasteiger charge is 1.94. The molecule has 0 saturated heterocycles. The molecule has 1 aliphatic rings. The van der Waals surface area contributed by atoms with Crippen molar-refractivity contribution in [3.05, 3.63) is 23.7 Å². The van der Waals surface area contributed by atoms with E-state index in [0.29, 0.717) is 0 Å². The second-order valence-corrected chi connectivity index (χ2v) is 1.72. The van der Waals surface area contributed by atoms with Crippen LogP contribution in [0.1, 0.15) is 6.92 Å². The monoisotopic (exact) mass is 111 g/mol. The number of allylic oxidation sites excluding steroid dienone is 1. The third-order valence-corrected chi connectivity index (χ3v) is 1.06. The fourth-order valence-electron chi connectivity index (χ4n) is 0.467. The van der Waals surface area contributed by atoms with E-state index in [0.717, 1.165) is 11.3 Å². The Hall–Kier alpha value is -1.12. The summed E-state index contributed by atoms with van der Waals surface area (Å²) in [6, 6.07) is 0. The normalized spacial score (nSPS) is 17.6. The average Bonchev–Trinajstić information content (AvgIpc) is 1.77. The predicted molar refractivity (Wildman–Crippen MR) is 32.3 cm³/mol. The summed E-state index contributed by atoms with van der Waals surface area (Å²) in [4.78, 5) is 0. The van der Waals surface area contributed by atoms with Crippen LogP contribution in [0.25, 0.3) is 0 Å². The molecule has 8 heavy (non-hydrogen) atoms. The lowest BCUT2D eigenvalue weighted by Gasteiger charge is -2.10. The van der Waals surface area contributed by atoms with E-state index >= 15 is 0 Å². The topological polar surface area (TPSA) is 50.1 Å². The zero-order valence-corrected chi connectivity index (χ0v) is 4.73. The number of hydrazine groups is 1. The SMILES string of the molecule is CC1=CNNC=C1N. The predicted octanol–water partition coefficient (Wildman–Crippen LogP) is -0.202. The molecular weight excluding hydrogens is 102 g/mol. The number of hydrogen-bond donors (Lipinski definition) is 3. The first-order chi connectivity index (χ1) is 3.80. The van der Waals surface area contributed by atoms with Crippen molar-refractivity contribution in [3.63, 3.8) is 0 Å². The third kappa shape index (κ3) is 0.753. The van der Waals surface area contributed by atoms with Gasteiger partial charge in [-0.1, -0.05) is 0 Å². The number of hydrogen-bond acceptors (Lipinski definition) is 3. The van der Waals surface area contributed by atoms with E-state index in [1.165, 1.54) is 0 Å². The second kappa shape index (κ2) is 1.78. The highest BCUT2D eigenvalue weighted by atomic mass is 15.3. The van der Waals surface area contributed by atoms with Gasteiger partial charge in [-0.3, -0.25) is 0 Å². The first kappa shape index (κ1) is 5.03. The highest BCUT2D eigenvalue weighted by Crippen LogP contribution is 2.00. The molecule has 0 saturated carbocycles. The molecule has 4 N–H and O–H groups in total. The molecule has 0 unspecified atom stereocenters. The molecule has 0 aromatic heterocycles. The quantitative estimate of drug-likeness (QED) is 0.405. The average molecular weight is 111 g/mol. The number of nitrogens with two attached hydrogens (primary N) is 1. The minimum atomic E-state index is 0.781. The number of nitrogens with one attached hydrogen (secondary N) is 2. The minimum Gasteiger partial charge on any atom is -0.397 e. The van der Waals surface area contributed by atoms with E-state index in [-0.39, 0.29) is 0 Å². The summed E-state index contributed by atoms with van der Waals surface area (Å²) in [5, 5.41) is 0. The van der Waals surface area contributed by atoms with Gasteiger partial charge in [0.05, 0.1) is 5.70 Å². The van der Waals surface area contributed by atoms with Gasteiger partial charge in [-0.15, -0.1) is 0 Å². The largest absolute Gasteiger partial charge is 0.397 e. The minimum absolute atomic E-state index is 0.781. The van der Waals surface area contributed by atoms with Crippen LogP contribution in [0, 0.1) is 0 Å². The van der Waals surface area contributed by atoms with Gasteiger partial charge in [0.25, 0.3) is 0 Å². The zero-order chi connectivity index (χ0) is 5.98. The molecule has 3 nitrogen and oxygen atoms in total. The van der Waals surface area contributed by atoms with Crippen molar-refractivity contribution in [2.75, 3.05) is 0 Å². The molecule has 1 heterocycles. The van der Waals surface area contributed by atoms with Crippen LogP contribution in [0.4, 0.5) is 0 Å². The molecule has 3 heteroatoms. The summed E-state index contributed by atoms with van der Waals surface area (Å²) in [5.74, 6) is 0. The van der Waals surface area contributed by atoms with Crippen LogP contribution in [-0.2, 0) is 0 Å². The van der Waals surface area contributed by atoms with E-state index in [4.69, 9.17) is 5.73 Å². The van der Waals surface area contributed by atoms with Gasteiger partial charge in [0.1, 0.15) is 0 Å². The Labute approximate surface area is 48.2 Å². The van der Waals surface area contributed by atoms with E-state index in [1.807, 2.05) is 13.1 Å². The molecule has 0 aromatic carbocycles. The standard InChI is InChI=1S/C5H9N3/c1-4-2-7-8-3-5(4)6/h2-3,7-8H,6H2,1H3. The maximum atomic E-state index is 5.47. The summed E-state index contributed by atoms with van der Waals surface area (Å²) in [7, 11) is 0. The van der Waals surface area contributed by atoms with Crippen molar-refractivity contribution in [1.29, 1.82) is 0 Å². The molecule has 0 amide bonds. The van der Waals surface area contributed by atoms with E-state index in [2.05, 4.69) is 10.9 Å². The molecule has 1 aliphatic heterocycles. The summed E-state index contributed by atoms with van der Waals surface area (Å²) >= 11 is 0. The molecule has 0 fully saturated rings. The molecule has 1 rings (SSSR count). The van der Waals surface area contributed by atoms with Crippen LogP contribution in [0.15, 0.2) is 23.7 Å². The zero-order valence-electron chi connectivity index (χ0n) is 4.73. The molecule has 0 bridgehead atoms. The lowest BCUT2D eigenvalue weighted by atomic mass is 10.2. The van der Waals surface area contributed by atoms with Crippen molar-refractivity contribution < 1.29 is 0 Å². The van der Waals surface area contributed by atoms with Gasteiger partial charge in [-0.25, -0.2) is 0 Å². The van der Waals surface area contributed by atoms with Gasteiger partial charge in [0.15, 0.2) is 0 Å². The summed E-state index contributed by atoms with van der Waals surface area (Å²) < 4.78 is 0. The maximum Gasteiger partial charge on any atom is 0.0537 e. The first-order valence-corrected chi connectivity index (χ1v) is 2.44. The Balaban J connectivity index is 2.73. The Bertz CT molecular complexity index is 128. The second-order valence-electron chi connectivity index (χ2n) is 1.72. The van der Waals surface area contributed by atoms with Gasteiger partial charge >= 0.3 is 0 Å². The maximum absolute atomic E-state index is 5.47. The fraction of sp³-hybridized carbons (Fsp3) is 0.200. The van der Waals surface area contributed by atoms with Gasteiger partial charge in [-0.05, 0) is 12.5 Å².